The molecule has 1 rings (SSSR count). The average Bonchev–Trinajstić information content (AvgIpc) is 2.11. The van der Waals surface area contributed by atoms with E-state index in [1.807, 2.05) is 37.1 Å². The number of phenolic OH excluding ortho intramolecular Hbond substituents is 1. The van der Waals surface area contributed by atoms with Gasteiger partial charge in [-0.05, 0) is 26.5 Å². The van der Waals surface area contributed by atoms with Crippen LogP contribution in [0.25, 0.3) is 0 Å². The fourth-order valence-electron chi connectivity index (χ4n) is 1.65. The third-order valence-electron chi connectivity index (χ3n) is 2.34. The molecule has 0 unspecified atom stereocenters. The van der Waals surface area contributed by atoms with E-state index in [2.05, 4.69) is 0 Å². The summed E-state index contributed by atoms with van der Waals surface area (Å²) >= 11 is 0. The lowest BCUT2D eigenvalue weighted by molar-refractivity contribution is 0.138. The fourth-order valence-corrected chi connectivity index (χ4v) is 1.65. The van der Waals surface area contributed by atoms with Gasteiger partial charge in [0.25, 0.3) is 0 Å². The molecule has 2 N–H and O–H groups in total. The maximum Gasteiger partial charge on any atom is 0.122 e. The third-order valence-corrected chi connectivity index (χ3v) is 2.34. The Labute approximate surface area is 91.0 Å². The molecule has 0 amide bonds. The maximum atomic E-state index is 9.79. The van der Waals surface area contributed by atoms with E-state index in [1.54, 1.807) is 6.92 Å². The number of hydrogen-bond donors (Lipinski definition) is 2. The number of aliphatic hydroxyl groups is 1. The van der Waals surface area contributed by atoms with Gasteiger partial charge in [-0.3, -0.25) is 4.90 Å². The van der Waals surface area contributed by atoms with Crippen LogP contribution in [0.3, 0.4) is 0 Å². The Morgan fingerprint density at radius 3 is 2.67 bits per heavy atom. The van der Waals surface area contributed by atoms with Crippen molar-refractivity contribution in [3.8, 4) is 5.75 Å². The van der Waals surface area contributed by atoms with Crippen molar-refractivity contribution >= 4 is 0 Å². The lowest BCUT2D eigenvalue weighted by Gasteiger charge is -2.19. The van der Waals surface area contributed by atoms with Gasteiger partial charge in [0.15, 0.2) is 0 Å². The Morgan fingerprint density at radius 2 is 2.07 bits per heavy atom. The number of likely N-dealkylation sites (N-methyl/N-ethyl adjacent to an activating group) is 1. The van der Waals surface area contributed by atoms with Gasteiger partial charge in [0.2, 0.25) is 0 Å². The quantitative estimate of drug-likeness (QED) is 0.790. The highest BCUT2D eigenvalue weighted by molar-refractivity contribution is 5.39. The maximum absolute atomic E-state index is 9.79. The summed E-state index contributed by atoms with van der Waals surface area (Å²) in [7, 11) is 1.93. The van der Waals surface area contributed by atoms with Crippen molar-refractivity contribution in [3.63, 3.8) is 0 Å². The number of phenols is 1. The minimum absolute atomic E-state index is 0.345. The number of aryl methyl sites for hydroxylation is 1. The van der Waals surface area contributed by atoms with Crippen LogP contribution in [-0.4, -0.2) is 34.8 Å². The molecule has 1 aromatic carbocycles. The SMILES string of the molecule is Cc1cccc(CN(C)C[C@H](C)O)c1O. The molecule has 0 spiro atoms. The molecule has 0 aliphatic rings. The van der Waals surface area contributed by atoms with Crippen molar-refractivity contribution in [3.05, 3.63) is 29.3 Å². The summed E-state index contributed by atoms with van der Waals surface area (Å²) in [4.78, 5) is 1.99. The van der Waals surface area contributed by atoms with Gasteiger partial charge in [0.05, 0.1) is 6.10 Å². The molecule has 3 heteroatoms. The predicted molar refractivity (Wildman–Crippen MR) is 60.9 cm³/mol. The van der Waals surface area contributed by atoms with E-state index in [-0.39, 0.29) is 6.10 Å². The number of rotatable bonds is 4. The topological polar surface area (TPSA) is 43.7 Å². The first kappa shape index (κ1) is 12.0. The highest BCUT2D eigenvalue weighted by Gasteiger charge is 2.08. The van der Waals surface area contributed by atoms with Crippen molar-refractivity contribution in [2.45, 2.75) is 26.5 Å². The summed E-state index contributed by atoms with van der Waals surface area (Å²) in [5.74, 6) is 0.356. The molecule has 0 saturated carbocycles. The second-order valence-electron chi connectivity index (χ2n) is 4.13. The Balaban J connectivity index is 2.68. The zero-order valence-electron chi connectivity index (χ0n) is 9.57. The number of aromatic hydroxyl groups is 1. The summed E-state index contributed by atoms with van der Waals surface area (Å²) < 4.78 is 0. The van der Waals surface area contributed by atoms with Crippen LogP contribution in [0.1, 0.15) is 18.1 Å². The molecule has 0 fully saturated rings. The second-order valence-corrected chi connectivity index (χ2v) is 4.13. The molecule has 0 bridgehead atoms. The van der Waals surface area contributed by atoms with Gasteiger partial charge in [-0.15, -0.1) is 0 Å². The van der Waals surface area contributed by atoms with Gasteiger partial charge in [-0.1, -0.05) is 18.2 Å². The van der Waals surface area contributed by atoms with Gasteiger partial charge in [0, 0.05) is 18.7 Å². The monoisotopic (exact) mass is 209 g/mol. The Bertz CT molecular complexity index is 323. The smallest absolute Gasteiger partial charge is 0.122 e. The zero-order valence-corrected chi connectivity index (χ0v) is 9.57. The van der Waals surface area contributed by atoms with Crippen molar-refractivity contribution in [1.82, 2.24) is 4.90 Å². The van der Waals surface area contributed by atoms with E-state index in [0.29, 0.717) is 18.8 Å². The molecule has 0 aliphatic heterocycles. The minimum atomic E-state index is -0.345. The van der Waals surface area contributed by atoms with E-state index < -0.39 is 0 Å². The van der Waals surface area contributed by atoms with Crippen LogP contribution in [0.5, 0.6) is 5.75 Å². The van der Waals surface area contributed by atoms with Gasteiger partial charge in [0.1, 0.15) is 5.75 Å². The molecule has 0 heterocycles. The van der Waals surface area contributed by atoms with Crippen LogP contribution < -0.4 is 0 Å². The van der Waals surface area contributed by atoms with E-state index >= 15 is 0 Å². The summed E-state index contributed by atoms with van der Waals surface area (Å²) in [6.45, 7) is 4.89. The molecule has 84 valence electrons. The molecular weight excluding hydrogens is 190 g/mol. The van der Waals surface area contributed by atoms with Gasteiger partial charge in [-0.2, -0.15) is 0 Å². The molecule has 0 aliphatic carbocycles. The summed E-state index contributed by atoms with van der Waals surface area (Å²) in [5.41, 5.74) is 1.79. The van der Waals surface area contributed by atoms with Crippen LogP contribution in [0.15, 0.2) is 18.2 Å². The van der Waals surface area contributed by atoms with Crippen LogP contribution in [0.4, 0.5) is 0 Å². The first-order valence-corrected chi connectivity index (χ1v) is 5.14. The van der Waals surface area contributed by atoms with E-state index in [0.717, 1.165) is 11.1 Å². The highest BCUT2D eigenvalue weighted by atomic mass is 16.3. The summed E-state index contributed by atoms with van der Waals surface area (Å²) in [5, 5.41) is 19.0. The second kappa shape index (κ2) is 5.14. The van der Waals surface area contributed by atoms with Crippen molar-refractivity contribution in [2.24, 2.45) is 0 Å². The van der Waals surface area contributed by atoms with Crippen LogP contribution >= 0.6 is 0 Å². The Hall–Kier alpha value is -1.06. The zero-order chi connectivity index (χ0) is 11.4. The van der Waals surface area contributed by atoms with Crippen LogP contribution in [0, 0.1) is 6.92 Å². The molecule has 3 nitrogen and oxygen atoms in total. The molecule has 15 heavy (non-hydrogen) atoms. The fraction of sp³-hybridized carbons (Fsp3) is 0.500. The van der Waals surface area contributed by atoms with Gasteiger partial charge in [-0.25, -0.2) is 0 Å². The largest absolute Gasteiger partial charge is 0.507 e. The number of nitrogens with zero attached hydrogens (tertiary/aromatic N) is 1. The molecule has 0 saturated heterocycles. The average molecular weight is 209 g/mol. The van der Waals surface area contributed by atoms with E-state index in [4.69, 9.17) is 0 Å². The first-order valence-electron chi connectivity index (χ1n) is 5.14. The highest BCUT2D eigenvalue weighted by Crippen LogP contribution is 2.22. The summed E-state index contributed by atoms with van der Waals surface area (Å²) in [6.07, 6.45) is -0.345. The van der Waals surface area contributed by atoms with Crippen LogP contribution in [-0.2, 0) is 6.54 Å². The van der Waals surface area contributed by atoms with Crippen molar-refractivity contribution in [1.29, 1.82) is 0 Å². The number of para-hydroxylation sites is 1. The number of benzene rings is 1. The van der Waals surface area contributed by atoms with E-state index in [1.165, 1.54) is 0 Å². The molecule has 0 radical (unpaired) electrons. The third kappa shape index (κ3) is 3.53. The molecule has 1 atom stereocenters. The molecular formula is C12H19NO2. The number of aliphatic hydroxyl groups excluding tert-OH is 1. The van der Waals surface area contributed by atoms with Gasteiger partial charge < -0.3 is 10.2 Å². The normalized spacial score (nSPS) is 13.1. The van der Waals surface area contributed by atoms with Gasteiger partial charge >= 0.3 is 0 Å². The Kier molecular flexibility index (Phi) is 4.12. The predicted octanol–water partition coefficient (Wildman–Crippen LogP) is 1.51. The first-order chi connectivity index (χ1) is 7.00. The Morgan fingerprint density at radius 1 is 1.40 bits per heavy atom. The number of hydrogen-bond acceptors (Lipinski definition) is 3. The molecule has 1 aromatic rings. The minimum Gasteiger partial charge on any atom is -0.507 e. The van der Waals surface area contributed by atoms with Crippen molar-refractivity contribution in [2.75, 3.05) is 13.6 Å². The lowest BCUT2D eigenvalue weighted by Crippen LogP contribution is -2.26. The standard InChI is InChI=1S/C12H19NO2/c1-9-5-4-6-11(12(9)15)8-13(3)7-10(2)14/h4-6,10,14-15H,7-8H2,1-3H3/t10-/m0/s1. The lowest BCUT2D eigenvalue weighted by atomic mass is 10.1. The summed E-state index contributed by atoms with van der Waals surface area (Å²) in [6, 6.07) is 5.72. The molecule has 0 aromatic heterocycles. The van der Waals surface area contributed by atoms with Crippen LogP contribution in [0.2, 0.25) is 0 Å². The van der Waals surface area contributed by atoms with Crippen molar-refractivity contribution < 1.29 is 10.2 Å². The van der Waals surface area contributed by atoms with E-state index in [9.17, 15) is 10.2 Å².